The molecular weight excluding hydrogens is 272 g/mol. The summed E-state index contributed by atoms with van der Waals surface area (Å²) < 4.78 is 16.2. The van der Waals surface area contributed by atoms with Crippen molar-refractivity contribution < 1.29 is 19.3 Å². The van der Waals surface area contributed by atoms with Crippen LogP contribution in [0.2, 0.25) is 0 Å². The first-order valence-electron chi connectivity index (χ1n) is 7.12. The van der Waals surface area contributed by atoms with E-state index in [1.807, 2.05) is 12.1 Å². The Balaban J connectivity index is 2.15. The van der Waals surface area contributed by atoms with Crippen molar-refractivity contribution in [2.24, 2.45) is 5.73 Å². The summed E-state index contributed by atoms with van der Waals surface area (Å²) >= 11 is 0. The maximum absolute atomic E-state index is 8.74. The topological polar surface area (TPSA) is 77.2 Å². The Labute approximate surface area is 125 Å². The number of aliphatic hydroxyl groups is 1. The van der Waals surface area contributed by atoms with Gasteiger partial charge in [0.1, 0.15) is 11.5 Å². The molecule has 1 heterocycles. The molecule has 0 saturated carbocycles. The van der Waals surface area contributed by atoms with Gasteiger partial charge in [-0.1, -0.05) is 0 Å². The molecule has 1 atom stereocenters. The SMILES string of the molecule is COc1cc2c(c(OC)c1)C(CN)N(CCOCCO)C2. The van der Waals surface area contributed by atoms with E-state index in [2.05, 4.69) is 4.90 Å². The molecule has 6 heteroatoms. The van der Waals surface area contributed by atoms with Crippen LogP contribution >= 0.6 is 0 Å². The van der Waals surface area contributed by atoms with Gasteiger partial charge >= 0.3 is 0 Å². The van der Waals surface area contributed by atoms with Crippen LogP contribution in [0.25, 0.3) is 0 Å². The molecule has 0 amide bonds. The third kappa shape index (κ3) is 3.47. The van der Waals surface area contributed by atoms with Gasteiger partial charge in [0, 0.05) is 31.3 Å². The number of rotatable bonds is 8. The number of aliphatic hydroxyl groups excluding tert-OH is 1. The molecular formula is C15H24N2O4. The lowest BCUT2D eigenvalue weighted by Crippen LogP contribution is -2.31. The minimum absolute atomic E-state index is 0.0472. The van der Waals surface area contributed by atoms with E-state index in [0.717, 1.165) is 30.2 Å². The zero-order chi connectivity index (χ0) is 15.2. The van der Waals surface area contributed by atoms with E-state index in [-0.39, 0.29) is 12.6 Å². The molecule has 1 aromatic rings. The maximum atomic E-state index is 8.74. The van der Waals surface area contributed by atoms with E-state index in [1.165, 1.54) is 5.56 Å². The summed E-state index contributed by atoms with van der Waals surface area (Å²) in [4.78, 5) is 2.27. The van der Waals surface area contributed by atoms with Crippen LogP contribution in [0.15, 0.2) is 12.1 Å². The highest BCUT2D eigenvalue weighted by Gasteiger charge is 2.32. The number of nitrogens with two attached hydrogens (primary N) is 1. The van der Waals surface area contributed by atoms with Gasteiger partial charge in [-0.15, -0.1) is 0 Å². The first-order valence-corrected chi connectivity index (χ1v) is 7.12. The van der Waals surface area contributed by atoms with Gasteiger partial charge in [-0.3, -0.25) is 4.90 Å². The molecule has 118 valence electrons. The van der Waals surface area contributed by atoms with Crippen LogP contribution in [-0.2, 0) is 11.3 Å². The Hall–Kier alpha value is -1.34. The van der Waals surface area contributed by atoms with Crippen LogP contribution in [0.1, 0.15) is 17.2 Å². The van der Waals surface area contributed by atoms with Gasteiger partial charge in [-0.2, -0.15) is 0 Å². The van der Waals surface area contributed by atoms with E-state index < -0.39 is 0 Å². The number of methoxy groups -OCH3 is 2. The second-order valence-electron chi connectivity index (χ2n) is 4.96. The van der Waals surface area contributed by atoms with Crippen molar-refractivity contribution in [1.82, 2.24) is 4.90 Å². The van der Waals surface area contributed by atoms with Gasteiger partial charge < -0.3 is 25.1 Å². The molecule has 1 unspecified atom stereocenters. The van der Waals surface area contributed by atoms with Crippen LogP contribution in [0.5, 0.6) is 11.5 Å². The van der Waals surface area contributed by atoms with E-state index in [0.29, 0.717) is 19.8 Å². The molecule has 1 aliphatic rings. The largest absolute Gasteiger partial charge is 0.497 e. The van der Waals surface area contributed by atoms with Gasteiger partial charge in [0.05, 0.1) is 40.1 Å². The van der Waals surface area contributed by atoms with Crippen molar-refractivity contribution in [3.8, 4) is 11.5 Å². The lowest BCUT2D eigenvalue weighted by molar-refractivity contribution is 0.0656. The average Bonchev–Trinajstić information content (AvgIpc) is 2.87. The number of hydrogen-bond acceptors (Lipinski definition) is 6. The fourth-order valence-electron chi connectivity index (χ4n) is 2.81. The van der Waals surface area contributed by atoms with Crippen LogP contribution in [0.3, 0.4) is 0 Å². The maximum Gasteiger partial charge on any atom is 0.127 e. The summed E-state index contributed by atoms with van der Waals surface area (Å²) in [6, 6.07) is 4.06. The molecule has 0 radical (unpaired) electrons. The predicted octanol–water partition coefficient (Wildman–Crippen LogP) is 0.528. The fraction of sp³-hybridized carbons (Fsp3) is 0.600. The standard InChI is InChI=1S/C15H24N2O4/c1-19-12-7-11-10-17(3-5-21-6-4-18)13(9-16)15(11)14(8-12)20-2/h7-8,13,18H,3-6,9-10,16H2,1-2H3. The molecule has 21 heavy (non-hydrogen) atoms. The molecule has 0 spiro atoms. The van der Waals surface area contributed by atoms with Crippen LogP contribution in [0, 0.1) is 0 Å². The highest BCUT2D eigenvalue weighted by atomic mass is 16.5. The minimum atomic E-state index is 0.0472. The molecule has 0 fully saturated rings. The number of nitrogens with zero attached hydrogens (tertiary/aromatic N) is 1. The third-order valence-corrected chi connectivity index (χ3v) is 3.79. The van der Waals surface area contributed by atoms with E-state index in [1.54, 1.807) is 14.2 Å². The number of benzene rings is 1. The summed E-state index contributed by atoms with van der Waals surface area (Å²) in [5, 5.41) is 8.74. The molecule has 0 bridgehead atoms. The van der Waals surface area contributed by atoms with Crippen molar-refractivity contribution in [3.05, 3.63) is 23.3 Å². The highest BCUT2D eigenvalue weighted by Crippen LogP contribution is 2.41. The van der Waals surface area contributed by atoms with Crippen molar-refractivity contribution in [2.45, 2.75) is 12.6 Å². The van der Waals surface area contributed by atoms with Gasteiger partial charge in [0.25, 0.3) is 0 Å². The summed E-state index contributed by atoms with van der Waals surface area (Å²) in [5.74, 6) is 1.61. The van der Waals surface area contributed by atoms with Crippen LogP contribution < -0.4 is 15.2 Å². The molecule has 1 aliphatic heterocycles. The lowest BCUT2D eigenvalue weighted by Gasteiger charge is -2.24. The zero-order valence-corrected chi connectivity index (χ0v) is 12.7. The van der Waals surface area contributed by atoms with E-state index >= 15 is 0 Å². The smallest absolute Gasteiger partial charge is 0.127 e. The average molecular weight is 296 g/mol. The molecule has 3 N–H and O–H groups in total. The molecule has 0 aromatic heterocycles. The van der Waals surface area contributed by atoms with Gasteiger partial charge in [0.15, 0.2) is 0 Å². The Morgan fingerprint density at radius 1 is 1.29 bits per heavy atom. The molecule has 0 aliphatic carbocycles. The zero-order valence-electron chi connectivity index (χ0n) is 12.7. The Morgan fingerprint density at radius 3 is 2.71 bits per heavy atom. The Kier molecular flexibility index (Phi) is 5.81. The van der Waals surface area contributed by atoms with Crippen molar-refractivity contribution >= 4 is 0 Å². The second kappa shape index (κ2) is 7.61. The number of fused-ring (bicyclic) bond motifs is 1. The quantitative estimate of drug-likeness (QED) is 0.681. The summed E-state index contributed by atoms with van der Waals surface area (Å²) in [6.07, 6.45) is 0. The fourth-order valence-corrected chi connectivity index (χ4v) is 2.81. The first-order chi connectivity index (χ1) is 10.2. The predicted molar refractivity (Wildman–Crippen MR) is 79.7 cm³/mol. The van der Waals surface area contributed by atoms with Gasteiger partial charge in [-0.25, -0.2) is 0 Å². The summed E-state index contributed by atoms with van der Waals surface area (Å²) in [5.41, 5.74) is 8.28. The van der Waals surface area contributed by atoms with Crippen molar-refractivity contribution in [3.63, 3.8) is 0 Å². The summed E-state index contributed by atoms with van der Waals surface area (Å²) in [7, 11) is 3.31. The van der Waals surface area contributed by atoms with Crippen molar-refractivity contribution in [2.75, 3.05) is 47.1 Å². The van der Waals surface area contributed by atoms with Gasteiger partial charge in [-0.05, 0) is 11.6 Å². The Morgan fingerprint density at radius 2 is 2.10 bits per heavy atom. The second-order valence-corrected chi connectivity index (χ2v) is 4.96. The van der Waals surface area contributed by atoms with E-state index in [9.17, 15) is 0 Å². The molecule has 2 rings (SSSR count). The first kappa shape index (κ1) is 16.0. The molecule has 6 nitrogen and oxygen atoms in total. The Bertz CT molecular complexity index is 467. The minimum Gasteiger partial charge on any atom is -0.497 e. The van der Waals surface area contributed by atoms with Crippen molar-refractivity contribution in [1.29, 1.82) is 0 Å². The molecule has 0 saturated heterocycles. The van der Waals surface area contributed by atoms with Crippen LogP contribution in [0.4, 0.5) is 0 Å². The third-order valence-electron chi connectivity index (χ3n) is 3.79. The van der Waals surface area contributed by atoms with Gasteiger partial charge in [0.2, 0.25) is 0 Å². The highest BCUT2D eigenvalue weighted by molar-refractivity contribution is 5.50. The number of ether oxygens (including phenoxy) is 3. The van der Waals surface area contributed by atoms with Crippen LogP contribution in [-0.4, -0.2) is 57.1 Å². The molecule has 1 aromatic carbocycles. The summed E-state index contributed by atoms with van der Waals surface area (Å²) in [6.45, 7) is 3.08. The number of hydrogen-bond donors (Lipinski definition) is 2. The lowest BCUT2D eigenvalue weighted by atomic mass is 10.0. The van der Waals surface area contributed by atoms with E-state index in [4.69, 9.17) is 25.1 Å². The monoisotopic (exact) mass is 296 g/mol. The normalized spacial score (nSPS) is 17.8.